The van der Waals surface area contributed by atoms with Crippen molar-refractivity contribution in [2.24, 2.45) is 0 Å². The van der Waals surface area contributed by atoms with E-state index in [0.717, 1.165) is 42.7 Å². The Labute approximate surface area is 129 Å². The van der Waals surface area contributed by atoms with E-state index in [1.54, 1.807) is 17.7 Å². The molecule has 3 heterocycles. The quantitative estimate of drug-likeness (QED) is 0.907. The fraction of sp³-hybridized carbons (Fsp3) is 0.571. The van der Waals surface area contributed by atoms with E-state index in [4.69, 9.17) is 0 Å². The Morgan fingerprint density at radius 1 is 1.32 bits per heavy atom. The number of sulfonamides is 1. The smallest absolute Gasteiger partial charge is 0.217 e. The minimum atomic E-state index is -3.12. The molecule has 8 heteroatoms. The van der Waals surface area contributed by atoms with Gasteiger partial charge in [-0.1, -0.05) is 0 Å². The van der Waals surface area contributed by atoms with Gasteiger partial charge in [0, 0.05) is 32.4 Å². The first kappa shape index (κ1) is 14.0. The van der Waals surface area contributed by atoms with Crippen molar-refractivity contribution in [3.05, 3.63) is 18.6 Å². The largest absolute Gasteiger partial charge is 0.354 e. The highest BCUT2D eigenvalue weighted by molar-refractivity contribution is 7.90. The first-order valence-electron chi connectivity index (χ1n) is 7.57. The first-order chi connectivity index (χ1) is 10.6. The van der Waals surface area contributed by atoms with Crippen molar-refractivity contribution in [1.82, 2.24) is 19.3 Å². The van der Waals surface area contributed by atoms with Gasteiger partial charge in [0.15, 0.2) is 0 Å². The number of H-pyrrole nitrogens is 1. The van der Waals surface area contributed by atoms with Gasteiger partial charge in [-0.3, -0.25) is 0 Å². The van der Waals surface area contributed by atoms with Gasteiger partial charge in [0.2, 0.25) is 10.0 Å². The molecule has 2 aliphatic rings. The van der Waals surface area contributed by atoms with E-state index >= 15 is 0 Å². The normalized spacial score (nSPS) is 22.8. The first-order valence-corrected chi connectivity index (χ1v) is 9.07. The van der Waals surface area contributed by atoms with Crippen molar-refractivity contribution >= 4 is 26.9 Å². The van der Waals surface area contributed by atoms with Crippen LogP contribution in [-0.4, -0.2) is 59.1 Å². The maximum atomic E-state index is 12.4. The third-order valence-corrected chi connectivity index (χ3v) is 7.07. The Hall–Kier alpha value is -1.67. The van der Waals surface area contributed by atoms with Crippen LogP contribution in [0, 0.1) is 0 Å². The molecule has 1 saturated heterocycles. The number of nitrogens with one attached hydrogen (secondary N) is 1. The van der Waals surface area contributed by atoms with E-state index in [1.165, 1.54) is 0 Å². The second kappa shape index (κ2) is 4.92. The average molecular weight is 321 g/mol. The van der Waals surface area contributed by atoms with Gasteiger partial charge >= 0.3 is 0 Å². The molecule has 2 fully saturated rings. The van der Waals surface area contributed by atoms with E-state index in [2.05, 4.69) is 19.9 Å². The summed E-state index contributed by atoms with van der Waals surface area (Å²) >= 11 is 0. The fourth-order valence-electron chi connectivity index (χ4n) is 3.15. The van der Waals surface area contributed by atoms with E-state index in [0.29, 0.717) is 6.54 Å². The number of aromatic nitrogens is 3. The predicted molar refractivity (Wildman–Crippen MR) is 84.2 cm³/mol. The van der Waals surface area contributed by atoms with Gasteiger partial charge in [-0.2, -0.15) is 4.31 Å². The average Bonchev–Trinajstić information content (AvgIpc) is 3.09. The molecule has 1 saturated carbocycles. The van der Waals surface area contributed by atoms with Crippen LogP contribution in [0.25, 0.3) is 11.0 Å². The SMILES string of the molecule is CN(C1CCN(c2ncnc3[nH]ccc23)C1)S(=O)(=O)C1CC1. The number of hydrogen-bond acceptors (Lipinski definition) is 5. The van der Waals surface area contributed by atoms with Crippen LogP contribution in [0.2, 0.25) is 0 Å². The number of anilines is 1. The van der Waals surface area contributed by atoms with Crippen LogP contribution in [-0.2, 0) is 10.0 Å². The summed E-state index contributed by atoms with van der Waals surface area (Å²) in [4.78, 5) is 13.8. The lowest BCUT2D eigenvalue weighted by molar-refractivity contribution is 0.389. The second-order valence-electron chi connectivity index (χ2n) is 6.09. The summed E-state index contributed by atoms with van der Waals surface area (Å²) in [5, 5.41) is 0.831. The Morgan fingerprint density at radius 3 is 2.91 bits per heavy atom. The summed E-state index contributed by atoms with van der Waals surface area (Å²) in [6.07, 6.45) is 5.84. The van der Waals surface area contributed by atoms with Crippen molar-refractivity contribution < 1.29 is 8.42 Å². The second-order valence-corrected chi connectivity index (χ2v) is 8.36. The van der Waals surface area contributed by atoms with Crippen molar-refractivity contribution in [2.45, 2.75) is 30.6 Å². The Balaban J connectivity index is 1.56. The fourth-order valence-corrected chi connectivity index (χ4v) is 4.94. The van der Waals surface area contributed by atoms with Crippen LogP contribution < -0.4 is 4.90 Å². The summed E-state index contributed by atoms with van der Waals surface area (Å²) < 4.78 is 26.3. The molecule has 1 unspecified atom stereocenters. The topological polar surface area (TPSA) is 82.2 Å². The van der Waals surface area contributed by atoms with Crippen molar-refractivity contribution in [1.29, 1.82) is 0 Å². The highest BCUT2D eigenvalue weighted by Gasteiger charge is 2.42. The number of hydrogen-bond donors (Lipinski definition) is 1. The molecule has 118 valence electrons. The number of nitrogens with zero attached hydrogens (tertiary/aromatic N) is 4. The molecular formula is C14H19N5O2S. The third-order valence-electron chi connectivity index (χ3n) is 4.66. The van der Waals surface area contributed by atoms with Gasteiger partial charge in [0.25, 0.3) is 0 Å². The molecule has 0 aromatic carbocycles. The monoisotopic (exact) mass is 321 g/mol. The molecule has 1 N–H and O–H groups in total. The molecule has 0 spiro atoms. The lowest BCUT2D eigenvalue weighted by Crippen LogP contribution is -2.40. The number of aromatic amines is 1. The minimum absolute atomic E-state index is 0.0227. The zero-order valence-electron chi connectivity index (χ0n) is 12.4. The predicted octanol–water partition coefficient (Wildman–Crippen LogP) is 0.961. The van der Waals surface area contributed by atoms with Gasteiger partial charge in [-0.15, -0.1) is 0 Å². The number of rotatable bonds is 4. The molecule has 2 aromatic heterocycles. The summed E-state index contributed by atoms with van der Waals surface area (Å²) in [7, 11) is -1.40. The molecule has 1 atom stereocenters. The molecule has 1 aliphatic heterocycles. The van der Waals surface area contributed by atoms with Gasteiger partial charge in [-0.05, 0) is 25.3 Å². The van der Waals surface area contributed by atoms with E-state index in [9.17, 15) is 8.42 Å². The Morgan fingerprint density at radius 2 is 2.14 bits per heavy atom. The Kier molecular flexibility index (Phi) is 3.12. The standard InChI is InChI=1S/C14H19N5O2S/c1-18(22(20,21)11-2-3-11)10-5-7-19(8-10)14-12-4-6-15-13(12)16-9-17-14/h4,6,9-11H,2-3,5,7-8H2,1H3,(H,15,16,17). The molecule has 2 aromatic rings. The Bertz CT molecular complexity index is 798. The molecule has 0 amide bonds. The molecule has 22 heavy (non-hydrogen) atoms. The van der Waals surface area contributed by atoms with Gasteiger partial charge < -0.3 is 9.88 Å². The summed E-state index contributed by atoms with van der Waals surface area (Å²) in [6, 6.07) is 1.98. The lowest BCUT2D eigenvalue weighted by Gasteiger charge is -2.24. The van der Waals surface area contributed by atoms with Crippen molar-refractivity contribution in [3.8, 4) is 0 Å². The van der Waals surface area contributed by atoms with Crippen LogP contribution in [0.15, 0.2) is 18.6 Å². The van der Waals surface area contributed by atoms with Crippen molar-refractivity contribution in [3.63, 3.8) is 0 Å². The van der Waals surface area contributed by atoms with E-state index < -0.39 is 10.0 Å². The van der Waals surface area contributed by atoms with Gasteiger partial charge in [0.05, 0.1) is 10.6 Å². The molecule has 4 rings (SSSR count). The zero-order chi connectivity index (χ0) is 15.3. The van der Waals surface area contributed by atoms with Crippen LogP contribution >= 0.6 is 0 Å². The summed E-state index contributed by atoms with van der Waals surface area (Å²) in [6.45, 7) is 1.49. The molecule has 1 aliphatic carbocycles. The van der Waals surface area contributed by atoms with Crippen LogP contribution in [0.3, 0.4) is 0 Å². The molecular weight excluding hydrogens is 302 g/mol. The molecule has 0 radical (unpaired) electrons. The van der Waals surface area contributed by atoms with E-state index in [-0.39, 0.29) is 11.3 Å². The summed E-state index contributed by atoms with van der Waals surface area (Å²) in [5.41, 5.74) is 0.812. The van der Waals surface area contributed by atoms with Gasteiger partial charge in [0.1, 0.15) is 17.8 Å². The third kappa shape index (κ3) is 2.17. The van der Waals surface area contributed by atoms with Gasteiger partial charge in [-0.25, -0.2) is 18.4 Å². The maximum absolute atomic E-state index is 12.4. The van der Waals surface area contributed by atoms with Crippen LogP contribution in [0.1, 0.15) is 19.3 Å². The molecule has 7 nitrogen and oxygen atoms in total. The van der Waals surface area contributed by atoms with Crippen LogP contribution in [0.5, 0.6) is 0 Å². The van der Waals surface area contributed by atoms with E-state index in [1.807, 2.05) is 12.3 Å². The minimum Gasteiger partial charge on any atom is -0.354 e. The summed E-state index contributed by atoms with van der Waals surface area (Å²) in [5.74, 6) is 0.881. The maximum Gasteiger partial charge on any atom is 0.217 e. The zero-order valence-corrected chi connectivity index (χ0v) is 13.3. The van der Waals surface area contributed by atoms with Crippen LogP contribution in [0.4, 0.5) is 5.82 Å². The number of fused-ring (bicyclic) bond motifs is 1. The highest BCUT2D eigenvalue weighted by Crippen LogP contribution is 2.33. The highest BCUT2D eigenvalue weighted by atomic mass is 32.2. The molecule has 0 bridgehead atoms. The lowest BCUT2D eigenvalue weighted by atomic mass is 10.3. The van der Waals surface area contributed by atoms with Crippen molar-refractivity contribution in [2.75, 3.05) is 25.0 Å². The number of likely N-dealkylation sites (N-methyl/N-ethyl adjacent to an activating group) is 1.